The summed E-state index contributed by atoms with van der Waals surface area (Å²) in [5, 5.41) is 2.85. The lowest BCUT2D eigenvalue weighted by Crippen LogP contribution is -2.30. The smallest absolute Gasteiger partial charge is 0.251 e. The number of hydrogen-bond acceptors (Lipinski definition) is 3. The molecule has 0 aliphatic carbocycles. The lowest BCUT2D eigenvalue weighted by molar-refractivity contribution is -0.131. The molecule has 0 spiro atoms. The van der Waals surface area contributed by atoms with Crippen LogP contribution < -0.4 is 5.32 Å². The molecule has 0 fully saturated rings. The normalized spacial score (nSPS) is 10.9. The van der Waals surface area contributed by atoms with Crippen LogP contribution >= 0.6 is 0 Å². The molecular weight excluding hydrogens is 431 g/mol. The number of carbonyl (C=O) groups is 2. The molecule has 7 heteroatoms. The molecule has 0 aliphatic rings. The van der Waals surface area contributed by atoms with Gasteiger partial charge in [-0.1, -0.05) is 42.5 Å². The summed E-state index contributed by atoms with van der Waals surface area (Å²) in [4.78, 5) is 31.7. The van der Waals surface area contributed by atoms with Gasteiger partial charge in [0, 0.05) is 32.1 Å². The molecule has 0 atom stereocenters. The Morgan fingerprint density at radius 2 is 1.68 bits per heavy atom. The van der Waals surface area contributed by atoms with Crippen molar-refractivity contribution >= 4 is 22.8 Å². The number of benzene rings is 3. The maximum Gasteiger partial charge on any atom is 0.251 e. The maximum absolute atomic E-state index is 13.1. The predicted octanol–water partition coefficient (Wildman–Crippen LogP) is 4.20. The molecule has 34 heavy (non-hydrogen) atoms. The highest BCUT2D eigenvalue weighted by Gasteiger charge is 2.16. The quantitative estimate of drug-likeness (QED) is 0.383. The molecule has 0 unspecified atom stereocenters. The van der Waals surface area contributed by atoms with Crippen molar-refractivity contribution in [3.63, 3.8) is 0 Å². The highest BCUT2D eigenvalue weighted by Crippen LogP contribution is 2.18. The number of para-hydroxylation sites is 2. The standard InChI is InChI=1S/C27H27FN4O2/c1-31(18-20-8-3-2-4-9-20)26(33)19-32-24-11-6-5-10-23(24)30-25(32)12-7-17-29-27(34)21-13-15-22(28)16-14-21/h2-6,8-11,13-16H,7,12,17-19H2,1H3,(H,29,34). The van der Waals surface area contributed by atoms with Crippen LogP contribution in [0.2, 0.25) is 0 Å². The van der Waals surface area contributed by atoms with E-state index in [0.29, 0.717) is 31.5 Å². The van der Waals surface area contributed by atoms with Crippen LogP contribution in [0, 0.1) is 5.82 Å². The molecule has 1 N–H and O–H groups in total. The fourth-order valence-corrected chi connectivity index (χ4v) is 3.85. The van der Waals surface area contributed by atoms with E-state index in [1.165, 1.54) is 24.3 Å². The van der Waals surface area contributed by atoms with Crippen molar-refractivity contribution in [2.75, 3.05) is 13.6 Å². The Bertz CT molecular complexity index is 1270. The molecule has 6 nitrogen and oxygen atoms in total. The third-order valence-electron chi connectivity index (χ3n) is 5.68. The first kappa shape index (κ1) is 23.2. The molecule has 4 aromatic rings. The molecule has 0 saturated carbocycles. The van der Waals surface area contributed by atoms with Crippen LogP contribution in [-0.4, -0.2) is 39.9 Å². The van der Waals surface area contributed by atoms with Crippen molar-refractivity contribution in [2.24, 2.45) is 0 Å². The topological polar surface area (TPSA) is 67.2 Å². The van der Waals surface area contributed by atoms with Gasteiger partial charge in [0.05, 0.1) is 11.0 Å². The van der Waals surface area contributed by atoms with Gasteiger partial charge in [-0.15, -0.1) is 0 Å². The number of nitrogens with one attached hydrogen (secondary N) is 1. The summed E-state index contributed by atoms with van der Waals surface area (Å²) in [7, 11) is 1.80. The fourth-order valence-electron chi connectivity index (χ4n) is 3.85. The average molecular weight is 459 g/mol. The number of aryl methyl sites for hydroxylation is 1. The summed E-state index contributed by atoms with van der Waals surface area (Å²) in [6.45, 7) is 1.18. The van der Waals surface area contributed by atoms with Gasteiger partial charge >= 0.3 is 0 Å². The van der Waals surface area contributed by atoms with E-state index in [9.17, 15) is 14.0 Å². The van der Waals surface area contributed by atoms with E-state index < -0.39 is 0 Å². The molecule has 1 aromatic heterocycles. The number of nitrogens with zero attached hydrogens (tertiary/aromatic N) is 3. The lowest BCUT2D eigenvalue weighted by Gasteiger charge is -2.19. The highest BCUT2D eigenvalue weighted by atomic mass is 19.1. The third-order valence-corrected chi connectivity index (χ3v) is 5.68. The zero-order valence-corrected chi connectivity index (χ0v) is 19.1. The second-order valence-electron chi connectivity index (χ2n) is 8.20. The molecule has 174 valence electrons. The van der Waals surface area contributed by atoms with E-state index in [1.54, 1.807) is 11.9 Å². The largest absolute Gasteiger partial charge is 0.352 e. The van der Waals surface area contributed by atoms with Crippen molar-refractivity contribution < 1.29 is 14.0 Å². The molecule has 0 radical (unpaired) electrons. The lowest BCUT2D eigenvalue weighted by atomic mass is 10.2. The van der Waals surface area contributed by atoms with Crippen molar-refractivity contribution in [3.8, 4) is 0 Å². The number of hydrogen-bond donors (Lipinski definition) is 1. The SMILES string of the molecule is CN(Cc1ccccc1)C(=O)Cn1c(CCCNC(=O)c2ccc(F)cc2)nc2ccccc21. The Labute approximate surface area is 198 Å². The van der Waals surface area contributed by atoms with Crippen LogP contribution in [-0.2, 0) is 24.3 Å². The van der Waals surface area contributed by atoms with Gasteiger partial charge in [0.15, 0.2) is 0 Å². The minimum absolute atomic E-state index is 0.00197. The van der Waals surface area contributed by atoms with Gasteiger partial charge in [-0.2, -0.15) is 0 Å². The molecule has 2 amide bonds. The zero-order chi connectivity index (χ0) is 23.9. The summed E-state index contributed by atoms with van der Waals surface area (Å²) in [5.41, 5.74) is 3.24. The van der Waals surface area contributed by atoms with E-state index in [-0.39, 0.29) is 24.2 Å². The fraction of sp³-hybridized carbons (Fsp3) is 0.222. The number of carbonyl (C=O) groups excluding carboxylic acids is 2. The number of rotatable bonds is 9. The number of halogens is 1. The molecule has 1 heterocycles. The van der Waals surface area contributed by atoms with Crippen molar-refractivity contribution in [3.05, 3.63) is 102 Å². The first-order chi connectivity index (χ1) is 16.5. The molecule has 0 bridgehead atoms. The Kier molecular flexibility index (Phi) is 7.32. The number of amides is 2. The van der Waals surface area contributed by atoms with Crippen LogP contribution in [0.1, 0.15) is 28.2 Å². The van der Waals surface area contributed by atoms with E-state index >= 15 is 0 Å². The van der Waals surface area contributed by atoms with Gasteiger partial charge in [0.25, 0.3) is 5.91 Å². The van der Waals surface area contributed by atoms with E-state index in [4.69, 9.17) is 4.98 Å². The van der Waals surface area contributed by atoms with Gasteiger partial charge in [-0.3, -0.25) is 9.59 Å². The van der Waals surface area contributed by atoms with Gasteiger partial charge in [-0.05, 0) is 48.4 Å². The van der Waals surface area contributed by atoms with Gasteiger partial charge in [0.2, 0.25) is 5.91 Å². The highest BCUT2D eigenvalue weighted by molar-refractivity contribution is 5.94. The zero-order valence-electron chi connectivity index (χ0n) is 19.1. The van der Waals surface area contributed by atoms with Gasteiger partial charge in [0.1, 0.15) is 18.2 Å². The second-order valence-corrected chi connectivity index (χ2v) is 8.20. The monoisotopic (exact) mass is 458 g/mol. The molecular formula is C27H27FN4O2. The summed E-state index contributed by atoms with van der Waals surface area (Å²) < 4.78 is 15.0. The first-order valence-corrected chi connectivity index (χ1v) is 11.3. The first-order valence-electron chi connectivity index (χ1n) is 11.3. The molecule has 0 saturated heterocycles. The Morgan fingerprint density at radius 3 is 2.44 bits per heavy atom. The Hall–Kier alpha value is -4.00. The van der Waals surface area contributed by atoms with Crippen LogP contribution in [0.4, 0.5) is 4.39 Å². The van der Waals surface area contributed by atoms with Gasteiger partial charge < -0.3 is 14.8 Å². The Balaban J connectivity index is 1.40. The minimum Gasteiger partial charge on any atom is -0.352 e. The Morgan fingerprint density at radius 1 is 0.971 bits per heavy atom. The number of imidazole rings is 1. The maximum atomic E-state index is 13.1. The van der Waals surface area contributed by atoms with Gasteiger partial charge in [-0.25, -0.2) is 9.37 Å². The number of likely N-dealkylation sites (N-methyl/N-ethyl adjacent to an activating group) is 1. The number of aromatic nitrogens is 2. The summed E-state index contributed by atoms with van der Waals surface area (Å²) in [5.74, 6) is 0.183. The third kappa shape index (κ3) is 5.67. The summed E-state index contributed by atoms with van der Waals surface area (Å²) >= 11 is 0. The van der Waals surface area contributed by atoms with Crippen molar-refractivity contribution in [1.29, 1.82) is 0 Å². The van der Waals surface area contributed by atoms with E-state index in [2.05, 4.69) is 5.32 Å². The van der Waals surface area contributed by atoms with Crippen molar-refractivity contribution in [2.45, 2.75) is 25.9 Å². The number of fused-ring (bicyclic) bond motifs is 1. The second kappa shape index (κ2) is 10.7. The molecule has 3 aromatic carbocycles. The van der Waals surface area contributed by atoms with Crippen LogP contribution in [0.15, 0.2) is 78.9 Å². The van der Waals surface area contributed by atoms with Crippen LogP contribution in [0.5, 0.6) is 0 Å². The summed E-state index contributed by atoms with van der Waals surface area (Å²) in [6, 6.07) is 23.1. The molecule has 0 aliphatic heterocycles. The summed E-state index contributed by atoms with van der Waals surface area (Å²) in [6.07, 6.45) is 1.26. The predicted molar refractivity (Wildman–Crippen MR) is 130 cm³/mol. The van der Waals surface area contributed by atoms with Crippen LogP contribution in [0.3, 0.4) is 0 Å². The molecule has 4 rings (SSSR count). The van der Waals surface area contributed by atoms with Crippen LogP contribution in [0.25, 0.3) is 11.0 Å². The van der Waals surface area contributed by atoms with Crippen molar-refractivity contribution in [1.82, 2.24) is 19.8 Å². The van der Waals surface area contributed by atoms with E-state index in [1.807, 2.05) is 59.2 Å². The minimum atomic E-state index is -0.376. The average Bonchev–Trinajstić information content (AvgIpc) is 3.20. The van der Waals surface area contributed by atoms with E-state index in [0.717, 1.165) is 22.4 Å².